The van der Waals surface area contributed by atoms with Crippen LogP contribution in [0.2, 0.25) is 0 Å². The Morgan fingerprint density at radius 2 is 2.28 bits per heavy atom. The number of rotatable bonds is 5. The molecule has 98 valence electrons. The SMILES string of the molecule is CSCCCN1Cc2ccccc2C(C(=O)O)C1. The Kier molecular flexibility index (Phi) is 4.66. The second-order valence-electron chi connectivity index (χ2n) is 4.67. The van der Waals surface area contributed by atoms with Crippen molar-refractivity contribution in [1.29, 1.82) is 0 Å². The number of benzene rings is 1. The first-order valence-electron chi connectivity index (χ1n) is 6.24. The van der Waals surface area contributed by atoms with Crippen LogP contribution in [0.15, 0.2) is 24.3 Å². The first kappa shape index (κ1) is 13.4. The highest BCUT2D eigenvalue weighted by atomic mass is 32.2. The molecule has 1 aliphatic rings. The lowest BCUT2D eigenvalue weighted by Gasteiger charge is -2.32. The molecular formula is C14H19NO2S. The van der Waals surface area contributed by atoms with E-state index in [1.807, 2.05) is 36.0 Å². The minimum absolute atomic E-state index is 0.371. The van der Waals surface area contributed by atoms with Gasteiger partial charge in [-0.1, -0.05) is 24.3 Å². The third-order valence-corrected chi connectivity index (χ3v) is 4.08. The maximum absolute atomic E-state index is 11.4. The first-order valence-corrected chi connectivity index (χ1v) is 7.63. The third-order valence-electron chi connectivity index (χ3n) is 3.39. The third kappa shape index (κ3) is 3.06. The molecule has 0 fully saturated rings. The second kappa shape index (κ2) is 6.25. The molecule has 0 saturated heterocycles. The molecule has 0 aromatic heterocycles. The predicted molar refractivity (Wildman–Crippen MR) is 75.1 cm³/mol. The van der Waals surface area contributed by atoms with Crippen molar-refractivity contribution in [2.45, 2.75) is 18.9 Å². The minimum atomic E-state index is -0.711. The molecule has 0 bridgehead atoms. The van der Waals surface area contributed by atoms with E-state index in [1.54, 1.807) is 0 Å². The summed E-state index contributed by atoms with van der Waals surface area (Å²) < 4.78 is 0. The number of thioether (sulfide) groups is 1. The zero-order valence-electron chi connectivity index (χ0n) is 10.6. The number of carbonyl (C=O) groups is 1. The Labute approximate surface area is 112 Å². The van der Waals surface area contributed by atoms with Gasteiger partial charge < -0.3 is 5.11 Å². The molecule has 1 N–H and O–H groups in total. The molecule has 18 heavy (non-hydrogen) atoms. The second-order valence-corrected chi connectivity index (χ2v) is 5.66. The van der Waals surface area contributed by atoms with E-state index in [-0.39, 0.29) is 5.92 Å². The maximum Gasteiger partial charge on any atom is 0.312 e. The normalized spacial score (nSPS) is 19.5. The van der Waals surface area contributed by atoms with Crippen LogP contribution in [0, 0.1) is 0 Å². The van der Waals surface area contributed by atoms with Crippen molar-refractivity contribution in [3.05, 3.63) is 35.4 Å². The molecule has 1 unspecified atom stereocenters. The van der Waals surface area contributed by atoms with Gasteiger partial charge in [-0.15, -0.1) is 0 Å². The van der Waals surface area contributed by atoms with E-state index in [0.717, 1.165) is 30.8 Å². The van der Waals surface area contributed by atoms with Gasteiger partial charge in [0, 0.05) is 13.1 Å². The van der Waals surface area contributed by atoms with Crippen molar-refractivity contribution in [3.8, 4) is 0 Å². The van der Waals surface area contributed by atoms with Crippen LogP contribution in [0.25, 0.3) is 0 Å². The van der Waals surface area contributed by atoms with Gasteiger partial charge >= 0.3 is 5.97 Å². The van der Waals surface area contributed by atoms with Gasteiger partial charge in [-0.05, 0) is 36.1 Å². The van der Waals surface area contributed by atoms with E-state index in [1.165, 1.54) is 5.56 Å². The standard InChI is InChI=1S/C14H19NO2S/c1-18-8-4-7-15-9-11-5-2-3-6-12(11)13(10-15)14(16)17/h2-3,5-6,13H,4,7-10H2,1H3,(H,16,17). The fraction of sp³-hybridized carbons (Fsp3) is 0.500. The van der Waals surface area contributed by atoms with Crippen LogP contribution in [-0.4, -0.2) is 41.1 Å². The molecular weight excluding hydrogens is 246 g/mol. The summed E-state index contributed by atoms with van der Waals surface area (Å²) in [4.78, 5) is 13.6. The van der Waals surface area contributed by atoms with Gasteiger partial charge in [0.1, 0.15) is 0 Å². The van der Waals surface area contributed by atoms with E-state index in [0.29, 0.717) is 6.54 Å². The average Bonchev–Trinajstić information content (AvgIpc) is 2.38. The van der Waals surface area contributed by atoms with Crippen LogP contribution in [0.4, 0.5) is 0 Å². The Morgan fingerprint density at radius 3 is 3.00 bits per heavy atom. The quantitative estimate of drug-likeness (QED) is 0.830. The summed E-state index contributed by atoms with van der Waals surface area (Å²) in [5.41, 5.74) is 2.16. The predicted octanol–water partition coefficient (Wildman–Crippen LogP) is 2.42. The summed E-state index contributed by atoms with van der Waals surface area (Å²) in [5.74, 6) is 0.0526. The molecule has 4 heteroatoms. The number of nitrogens with zero attached hydrogens (tertiary/aromatic N) is 1. The maximum atomic E-state index is 11.4. The van der Waals surface area contributed by atoms with E-state index in [4.69, 9.17) is 0 Å². The van der Waals surface area contributed by atoms with Gasteiger partial charge in [0.15, 0.2) is 0 Å². The average molecular weight is 265 g/mol. The fourth-order valence-corrected chi connectivity index (χ4v) is 2.91. The van der Waals surface area contributed by atoms with Crippen molar-refractivity contribution in [1.82, 2.24) is 4.90 Å². The van der Waals surface area contributed by atoms with Crippen molar-refractivity contribution in [2.75, 3.05) is 25.1 Å². The molecule has 2 rings (SSSR count). The summed E-state index contributed by atoms with van der Waals surface area (Å²) in [6.07, 6.45) is 3.22. The zero-order valence-corrected chi connectivity index (χ0v) is 11.4. The van der Waals surface area contributed by atoms with Crippen LogP contribution in [0.1, 0.15) is 23.5 Å². The molecule has 3 nitrogen and oxygen atoms in total. The molecule has 1 heterocycles. The van der Waals surface area contributed by atoms with E-state index in [9.17, 15) is 9.90 Å². The Balaban J connectivity index is 2.10. The smallest absolute Gasteiger partial charge is 0.312 e. The molecule has 0 aliphatic carbocycles. The van der Waals surface area contributed by atoms with E-state index < -0.39 is 5.97 Å². The van der Waals surface area contributed by atoms with Crippen LogP contribution in [0.5, 0.6) is 0 Å². The lowest BCUT2D eigenvalue weighted by atomic mass is 9.90. The fourth-order valence-electron chi connectivity index (χ4n) is 2.49. The van der Waals surface area contributed by atoms with E-state index in [2.05, 4.69) is 11.2 Å². The zero-order chi connectivity index (χ0) is 13.0. The number of aliphatic carboxylic acids is 1. The van der Waals surface area contributed by atoms with E-state index >= 15 is 0 Å². The lowest BCUT2D eigenvalue weighted by Crippen LogP contribution is -2.37. The van der Waals surface area contributed by atoms with Gasteiger partial charge in [0.25, 0.3) is 0 Å². The molecule has 1 aliphatic heterocycles. The Bertz CT molecular complexity index is 422. The van der Waals surface area contributed by atoms with Crippen LogP contribution in [0.3, 0.4) is 0 Å². The highest BCUT2D eigenvalue weighted by Gasteiger charge is 2.29. The highest BCUT2D eigenvalue weighted by molar-refractivity contribution is 7.98. The van der Waals surface area contributed by atoms with Gasteiger partial charge in [0.05, 0.1) is 5.92 Å². The van der Waals surface area contributed by atoms with Crippen LogP contribution in [-0.2, 0) is 11.3 Å². The monoisotopic (exact) mass is 265 g/mol. The van der Waals surface area contributed by atoms with Gasteiger partial charge in [-0.25, -0.2) is 0 Å². The molecule has 1 atom stereocenters. The largest absolute Gasteiger partial charge is 0.481 e. The molecule has 0 radical (unpaired) electrons. The molecule has 1 aromatic rings. The van der Waals surface area contributed by atoms with Crippen molar-refractivity contribution >= 4 is 17.7 Å². The number of hydrogen-bond acceptors (Lipinski definition) is 3. The van der Waals surface area contributed by atoms with Crippen molar-refractivity contribution in [3.63, 3.8) is 0 Å². The van der Waals surface area contributed by atoms with Gasteiger partial charge in [0.2, 0.25) is 0 Å². The molecule has 0 saturated carbocycles. The molecule has 1 aromatic carbocycles. The van der Waals surface area contributed by atoms with Crippen molar-refractivity contribution < 1.29 is 9.90 Å². The summed E-state index contributed by atoms with van der Waals surface area (Å²) >= 11 is 1.84. The molecule has 0 spiro atoms. The topological polar surface area (TPSA) is 40.5 Å². The van der Waals surface area contributed by atoms with Gasteiger partial charge in [-0.3, -0.25) is 9.69 Å². The van der Waals surface area contributed by atoms with Crippen LogP contribution >= 0.6 is 11.8 Å². The van der Waals surface area contributed by atoms with Crippen LogP contribution < -0.4 is 0 Å². The summed E-state index contributed by atoms with van der Waals surface area (Å²) in [6.45, 7) is 2.51. The number of hydrogen-bond donors (Lipinski definition) is 1. The lowest BCUT2D eigenvalue weighted by molar-refractivity contribution is -0.139. The highest BCUT2D eigenvalue weighted by Crippen LogP contribution is 2.28. The summed E-state index contributed by atoms with van der Waals surface area (Å²) in [5, 5.41) is 9.34. The minimum Gasteiger partial charge on any atom is -0.481 e. The Morgan fingerprint density at radius 1 is 1.50 bits per heavy atom. The van der Waals surface area contributed by atoms with Crippen molar-refractivity contribution in [2.24, 2.45) is 0 Å². The number of carboxylic acids is 1. The van der Waals surface area contributed by atoms with Gasteiger partial charge in [-0.2, -0.15) is 11.8 Å². The number of carboxylic acid groups (broad SMARTS) is 1. The summed E-state index contributed by atoms with van der Waals surface area (Å²) in [6, 6.07) is 7.92. The Hall–Kier alpha value is -1.00. The molecule has 0 amide bonds. The first-order chi connectivity index (χ1) is 8.72. The summed E-state index contributed by atoms with van der Waals surface area (Å²) in [7, 11) is 0. The number of fused-ring (bicyclic) bond motifs is 1.